The zero-order valence-corrected chi connectivity index (χ0v) is 18.6. The van der Waals surface area contributed by atoms with Crippen LogP contribution in [0.2, 0.25) is 0 Å². The van der Waals surface area contributed by atoms with E-state index < -0.39 is 0 Å². The Morgan fingerprint density at radius 3 is 2.55 bits per heavy atom. The Balaban J connectivity index is 1.22. The molecule has 2 fully saturated rings. The zero-order valence-electron chi connectivity index (χ0n) is 17.8. The Labute approximate surface area is 186 Å². The second-order valence-corrected chi connectivity index (χ2v) is 9.47. The van der Waals surface area contributed by atoms with Gasteiger partial charge in [-0.2, -0.15) is 0 Å². The topological polar surface area (TPSA) is 41.5 Å². The van der Waals surface area contributed by atoms with Gasteiger partial charge in [-0.15, -0.1) is 11.3 Å². The van der Waals surface area contributed by atoms with E-state index in [0.717, 1.165) is 67.3 Å². The molecule has 0 unspecified atom stereocenters. The molecule has 2 aliphatic rings. The highest BCUT2D eigenvalue weighted by molar-refractivity contribution is 7.16. The summed E-state index contributed by atoms with van der Waals surface area (Å²) >= 11 is 1.63. The molecule has 0 amide bonds. The largest absolute Gasteiger partial charge is 0.380 e. The van der Waals surface area contributed by atoms with Crippen molar-refractivity contribution in [3.63, 3.8) is 0 Å². The van der Waals surface area contributed by atoms with Gasteiger partial charge in [0.15, 0.2) is 5.82 Å². The zero-order chi connectivity index (χ0) is 21.0. The Kier molecular flexibility index (Phi) is 6.43. The lowest BCUT2D eigenvalue weighted by Crippen LogP contribution is -2.36. The van der Waals surface area contributed by atoms with Crippen molar-refractivity contribution in [2.24, 2.45) is 5.92 Å². The fourth-order valence-corrected chi connectivity index (χ4v) is 5.33. The first kappa shape index (κ1) is 20.8. The molecule has 0 saturated carbocycles. The van der Waals surface area contributed by atoms with Gasteiger partial charge in [0.2, 0.25) is 0 Å². The van der Waals surface area contributed by atoms with Crippen molar-refractivity contribution < 1.29 is 9.13 Å². The van der Waals surface area contributed by atoms with Gasteiger partial charge in [0.25, 0.3) is 0 Å². The number of ether oxygens (including phenoxy) is 1. The van der Waals surface area contributed by atoms with Crippen molar-refractivity contribution in [2.75, 3.05) is 50.8 Å². The highest BCUT2D eigenvalue weighted by atomic mass is 32.1. The van der Waals surface area contributed by atoms with Crippen LogP contribution < -0.4 is 4.90 Å². The van der Waals surface area contributed by atoms with Gasteiger partial charge in [0.1, 0.15) is 16.5 Å². The minimum Gasteiger partial charge on any atom is -0.380 e. The van der Waals surface area contributed by atoms with Crippen LogP contribution in [-0.2, 0) is 4.74 Å². The summed E-state index contributed by atoms with van der Waals surface area (Å²) in [4.78, 5) is 15.5. The van der Waals surface area contributed by atoms with E-state index in [1.807, 2.05) is 0 Å². The molecule has 0 aliphatic carbocycles. The molecule has 164 valence electrons. The number of fused-ring (bicyclic) bond motifs is 1. The molecule has 7 heteroatoms. The molecule has 0 N–H and O–H groups in total. The van der Waals surface area contributed by atoms with Gasteiger partial charge in [0, 0.05) is 31.8 Å². The van der Waals surface area contributed by atoms with E-state index in [2.05, 4.69) is 21.2 Å². The van der Waals surface area contributed by atoms with E-state index in [4.69, 9.17) is 14.7 Å². The third-order valence-corrected chi connectivity index (χ3v) is 7.23. The van der Waals surface area contributed by atoms with Crippen LogP contribution in [0.25, 0.3) is 21.6 Å². The van der Waals surface area contributed by atoms with Gasteiger partial charge in [-0.1, -0.05) is 0 Å². The van der Waals surface area contributed by atoms with Crippen molar-refractivity contribution in [1.82, 2.24) is 14.9 Å². The summed E-state index contributed by atoms with van der Waals surface area (Å²) in [5.41, 5.74) is 0.847. The number of rotatable bonds is 7. The van der Waals surface area contributed by atoms with E-state index in [1.54, 1.807) is 23.5 Å². The van der Waals surface area contributed by atoms with Crippen LogP contribution in [-0.4, -0.2) is 60.8 Å². The number of benzene rings is 1. The maximum Gasteiger partial charge on any atom is 0.163 e. The Morgan fingerprint density at radius 2 is 1.77 bits per heavy atom. The summed E-state index contributed by atoms with van der Waals surface area (Å²) in [6.07, 6.45) is 4.90. The lowest BCUT2D eigenvalue weighted by Gasteiger charge is -2.33. The number of aromatic nitrogens is 2. The average Bonchev–Trinajstić information content (AvgIpc) is 3.49. The molecular weight excluding hydrogens is 411 g/mol. The second kappa shape index (κ2) is 9.59. The van der Waals surface area contributed by atoms with Crippen molar-refractivity contribution >= 4 is 27.4 Å². The Hall–Kier alpha value is -2.09. The van der Waals surface area contributed by atoms with Gasteiger partial charge >= 0.3 is 0 Å². The number of likely N-dealkylation sites (tertiary alicyclic amines) is 1. The van der Waals surface area contributed by atoms with Gasteiger partial charge in [-0.05, 0) is 80.4 Å². The number of thiophene rings is 1. The van der Waals surface area contributed by atoms with E-state index >= 15 is 0 Å². The van der Waals surface area contributed by atoms with Crippen molar-refractivity contribution in [3.05, 3.63) is 41.5 Å². The summed E-state index contributed by atoms with van der Waals surface area (Å²) in [6.45, 7) is 7.20. The number of hydrogen-bond donors (Lipinski definition) is 0. The fraction of sp³-hybridized carbons (Fsp3) is 0.500. The summed E-state index contributed by atoms with van der Waals surface area (Å²) in [5.74, 6) is 2.04. The third-order valence-electron chi connectivity index (χ3n) is 6.43. The van der Waals surface area contributed by atoms with Crippen LogP contribution in [0.1, 0.15) is 25.7 Å². The standard InChI is InChI=1S/C24H29FN4OS/c25-20-5-3-19(4-6-20)22-26-23(21-9-16-31-24(21)27-22)29-12-7-18(8-13-29)17-30-15-14-28-10-1-2-11-28/h3-6,9,16,18H,1-2,7-8,10-15,17H2. The number of hydrogen-bond acceptors (Lipinski definition) is 6. The van der Waals surface area contributed by atoms with Crippen LogP contribution in [0.3, 0.4) is 0 Å². The molecular formula is C24H29FN4OS. The number of nitrogens with zero attached hydrogens (tertiary/aromatic N) is 4. The number of piperidine rings is 1. The van der Waals surface area contributed by atoms with Gasteiger partial charge in [-0.3, -0.25) is 0 Å². The van der Waals surface area contributed by atoms with Crippen LogP contribution in [0, 0.1) is 11.7 Å². The van der Waals surface area contributed by atoms with Crippen molar-refractivity contribution in [1.29, 1.82) is 0 Å². The lowest BCUT2D eigenvalue weighted by molar-refractivity contribution is 0.0753. The predicted molar refractivity (Wildman–Crippen MR) is 124 cm³/mol. The summed E-state index contributed by atoms with van der Waals surface area (Å²) in [6, 6.07) is 8.54. The molecule has 3 aromatic rings. The molecule has 0 atom stereocenters. The van der Waals surface area contributed by atoms with Crippen LogP contribution in [0.4, 0.5) is 10.2 Å². The fourth-order valence-electron chi connectivity index (χ4n) is 4.57. The molecule has 0 radical (unpaired) electrons. The van der Waals surface area contributed by atoms with E-state index in [-0.39, 0.29) is 5.82 Å². The summed E-state index contributed by atoms with van der Waals surface area (Å²) in [7, 11) is 0. The molecule has 2 saturated heterocycles. The van der Waals surface area contributed by atoms with E-state index in [1.165, 1.54) is 38.1 Å². The number of anilines is 1. The molecule has 2 aliphatic heterocycles. The normalized spacial score (nSPS) is 18.3. The molecule has 5 nitrogen and oxygen atoms in total. The van der Waals surface area contributed by atoms with Crippen molar-refractivity contribution in [3.8, 4) is 11.4 Å². The maximum absolute atomic E-state index is 13.3. The van der Waals surface area contributed by atoms with Gasteiger partial charge in [-0.25, -0.2) is 14.4 Å². The van der Waals surface area contributed by atoms with Crippen LogP contribution in [0.15, 0.2) is 35.7 Å². The minimum absolute atomic E-state index is 0.245. The van der Waals surface area contributed by atoms with E-state index in [9.17, 15) is 4.39 Å². The average molecular weight is 441 g/mol. The quantitative estimate of drug-likeness (QED) is 0.493. The molecule has 0 spiro atoms. The monoisotopic (exact) mass is 440 g/mol. The summed E-state index contributed by atoms with van der Waals surface area (Å²) < 4.78 is 19.3. The number of halogens is 1. The molecule has 0 bridgehead atoms. The van der Waals surface area contributed by atoms with Crippen LogP contribution >= 0.6 is 11.3 Å². The molecule has 2 aromatic heterocycles. The Morgan fingerprint density at radius 1 is 1.00 bits per heavy atom. The molecule has 4 heterocycles. The van der Waals surface area contributed by atoms with Gasteiger partial charge in [0.05, 0.1) is 12.0 Å². The Bertz CT molecular complexity index is 994. The first-order chi connectivity index (χ1) is 15.3. The second-order valence-electron chi connectivity index (χ2n) is 8.57. The van der Waals surface area contributed by atoms with E-state index in [0.29, 0.717) is 11.7 Å². The van der Waals surface area contributed by atoms with Crippen molar-refractivity contribution in [2.45, 2.75) is 25.7 Å². The first-order valence-electron chi connectivity index (χ1n) is 11.3. The molecule has 5 rings (SSSR count). The lowest BCUT2D eigenvalue weighted by atomic mass is 9.97. The molecule has 1 aromatic carbocycles. The minimum atomic E-state index is -0.245. The maximum atomic E-state index is 13.3. The van der Waals surface area contributed by atoms with Gasteiger partial charge < -0.3 is 14.5 Å². The third kappa shape index (κ3) is 4.89. The highest BCUT2D eigenvalue weighted by Crippen LogP contribution is 2.33. The predicted octanol–water partition coefficient (Wildman–Crippen LogP) is 4.83. The SMILES string of the molecule is Fc1ccc(-c2nc(N3CCC(COCCN4CCCC4)CC3)c3ccsc3n2)cc1. The smallest absolute Gasteiger partial charge is 0.163 e. The first-order valence-corrected chi connectivity index (χ1v) is 12.2. The van der Waals surface area contributed by atoms with Crippen LogP contribution in [0.5, 0.6) is 0 Å². The summed E-state index contributed by atoms with van der Waals surface area (Å²) in [5, 5.41) is 3.18. The highest BCUT2D eigenvalue weighted by Gasteiger charge is 2.23. The molecule has 31 heavy (non-hydrogen) atoms.